The minimum Gasteiger partial charge on any atom is -0.508 e. The highest BCUT2D eigenvalue weighted by atomic mass is 16.5. The van der Waals surface area contributed by atoms with E-state index in [1.54, 1.807) is 36.4 Å². The molecule has 0 unspecified atom stereocenters. The summed E-state index contributed by atoms with van der Waals surface area (Å²) in [6.07, 6.45) is 0. The van der Waals surface area contributed by atoms with Crippen molar-refractivity contribution in [3.05, 3.63) is 65.2 Å². The zero-order valence-corrected chi connectivity index (χ0v) is 13.2. The summed E-state index contributed by atoms with van der Waals surface area (Å²) in [7, 11) is 1.29. The van der Waals surface area contributed by atoms with Crippen molar-refractivity contribution in [2.45, 2.75) is 0 Å². The van der Waals surface area contributed by atoms with E-state index >= 15 is 0 Å². The van der Waals surface area contributed by atoms with Gasteiger partial charge in [0, 0.05) is 11.5 Å². The third-order valence-corrected chi connectivity index (χ3v) is 3.52. The van der Waals surface area contributed by atoms with Crippen LogP contribution in [0.3, 0.4) is 0 Å². The van der Waals surface area contributed by atoms with Crippen LogP contribution in [0, 0.1) is 0 Å². The molecule has 0 radical (unpaired) electrons. The second-order valence-electron chi connectivity index (χ2n) is 5.20. The summed E-state index contributed by atoms with van der Waals surface area (Å²) in [6, 6.07) is 12.3. The molecule has 126 valence electrons. The summed E-state index contributed by atoms with van der Waals surface area (Å²) in [5.74, 6) is -1.13. The maximum absolute atomic E-state index is 11.7. The van der Waals surface area contributed by atoms with Crippen LogP contribution in [-0.4, -0.2) is 24.1 Å². The molecule has 0 aliphatic heterocycles. The lowest BCUT2D eigenvalue weighted by atomic mass is 10.1. The Balaban J connectivity index is 2.15. The molecule has 3 aromatic rings. The molecule has 0 saturated heterocycles. The van der Waals surface area contributed by atoms with Gasteiger partial charge < -0.3 is 20.0 Å². The molecule has 3 N–H and O–H groups in total. The second kappa shape index (κ2) is 6.48. The van der Waals surface area contributed by atoms with Gasteiger partial charge in [-0.2, -0.15) is 0 Å². The van der Waals surface area contributed by atoms with Gasteiger partial charge in [-0.05, 0) is 42.5 Å². The van der Waals surface area contributed by atoms with Gasteiger partial charge in [-0.15, -0.1) is 0 Å². The van der Waals surface area contributed by atoms with Gasteiger partial charge in [0.2, 0.25) is 5.55 Å². The molecule has 0 bridgehead atoms. The zero-order chi connectivity index (χ0) is 18.0. The van der Waals surface area contributed by atoms with Gasteiger partial charge in [-0.3, -0.25) is 4.79 Å². The van der Waals surface area contributed by atoms with Gasteiger partial charge in [0.15, 0.2) is 0 Å². The predicted molar refractivity (Wildman–Crippen MR) is 89.4 cm³/mol. The number of aromatic hydroxyl groups is 1. The molecule has 1 amide bonds. The fourth-order valence-electron chi connectivity index (χ4n) is 2.27. The number of phenolic OH excluding ortho intramolecular Hbond substituents is 1. The van der Waals surface area contributed by atoms with Crippen LogP contribution in [0.4, 0.5) is 5.69 Å². The molecule has 0 aliphatic carbocycles. The van der Waals surface area contributed by atoms with E-state index in [4.69, 9.17) is 10.2 Å². The number of amides is 1. The maximum atomic E-state index is 11.7. The molecule has 0 atom stereocenters. The van der Waals surface area contributed by atoms with Crippen molar-refractivity contribution in [2.24, 2.45) is 10.7 Å². The number of methoxy groups -OCH3 is 1. The highest BCUT2D eigenvalue weighted by molar-refractivity contribution is 5.95. The van der Waals surface area contributed by atoms with Crippen LogP contribution in [0.1, 0.15) is 20.7 Å². The lowest BCUT2D eigenvalue weighted by molar-refractivity contribution is 0.0600. The molecule has 2 aromatic carbocycles. The number of hydrogen-bond donors (Lipinski definition) is 2. The van der Waals surface area contributed by atoms with Crippen LogP contribution < -0.4 is 11.3 Å². The first kappa shape index (κ1) is 16.3. The number of rotatable bonds is 3. The fraction of sp³-hybridized carbons (Fsp3) is 0.0556. The second-order valence-corrected chi connectivity index (χ2v) is 5.20. The first-order valence-electron chi connectivity index (χ1n) is 7.28. The fourth-order valence-corrected chi connectivity index (χ4v) is 2.27. The summed E-state index contributed by atoms with van der Waals surface area (Å²) in [4.78, 5) is 27.4. The summed E-state index contributed by atoms with van der Waals surface area (Å²) >= 11 is 0. The monoisotopic (exact) mass is 338 g/mol. The molecular formula is C18H14N2O5. The van der Waals surface area contributed by atoms with Crippen molar-refractivity contribution in [3.63, 3.8) is 0 Å². The Kier molecular flexibility index (Phi) is 4.21. The summed E-state index contributed by atoms with van der Waals surface area (Å²) < 4.78 is 10.3. The number of nitrogens with two attached hydrogens (primary N) is 1. The summed E-state index contributed by atoms with van der Waals surface area (Å²) in [6.45, 7) is 0. The Morgan fingerprint density at radius 1 is 1.12 bits per heavy atom. The van der Waals surface area contributed by atoms with Gasteiger partial charge in [0.05, 0.1) is 18.4 Å². The van der Waals surface area contributed by atoms with Gasteiger partial charge >= 0.3 is 5.97 Å². The lowest BCUT2D eigenvalue weighted by Crippen LogP contribution is -2.21. The van der Waals surface area contributed by atoms with Crippen LogP contribution >= 0.6 is 0 Å². The van der Waals surface area contributed by atoms with Crippen molar-refractivity contribution < 1.29 is 23.8 Å². The first-order valence-corrected chi connectivity index (χ1v) is 7.28. The van der Waals surface area contributed by atoms with Crippen molar-refractivity contribution in [1.82, 2.24) is 0 Å². The topological polar surface area (TPSA) is 115 Å². The number of esters is 1. The summed E-state index contributed by atoms with van der Waals surface area (Å²) in [5, 5.41) is 10.2. The Morgan fingerprint density at radius 2 is 1.84 bits per heavy atom. The van der Waals surface area contributed by atoms with Crippen LogP contribution in [0.2, 0.25) is 0 Å². The smallest absolute Gasteiger partial charge is 0.337 e. The molecule has 0 spiro atoms. The molecule has 0 fully saturated rings. The van der Waals surface area contributed by atoms with Crippen LogP contribution in [0.5, 0.6) is 5.75 Å². The molecule has 7 heteroatoms. The van der Waals surface area contributed by atoms with E-state index in [1.807, 2.05) is 0 Å². The van der Waals surface area contributed by atoms with Crippen molar-refractivity contribution in [2.75, 3.05) is 7.11 Å². The van der Waals surface area contributed by atoms with E-state index in [1.165, 1.54) is 19.2 Å². The van der Waals surface area contributed by atoms with E-state index in [-0.39, 0.29) is 16.9 Å². The van der Waals surface area contributed by atoms with E-state index in [2.05, 4.69) is 9.73 Å². The Labute approximate surface area is 142 Å². The van der Waals surface area contributed by atoms with Gasteiger partial charge in [-0.1, -0.05) is 0 Å². The number of primary amides is 1. The van der Waals surface area contributed by atoms with E-state index < -0.39 is 11.9 Å². The number of fused-ring (bicyclic) bond motifs is 1. The molecule has 7 nitrogen and oxygen atoms in total. The largest absolute Gasteiger partial charge is 0.508 e. The molecule has 25 heavy (non-hydrogen) atoms. The normalized spacial score (nSPS) is 11.5. The average molecular weight is 338 g/mol. The lowest BCUT2D eigenvalue weighted by Gasteiger charge is -2.03. The highest BCUT2D eigenvalue weighted by Gasteiger charge is 2.10. The van der Waals surface area contributed by atoms with Gasteiger partial charge in [0.25, 0.3) is 5.91 Å². The number of carbonyl (C=O) groups is 2. The number of benzene rings is 2. The predicted octanol–water partition coefficient (Wildman–Crippen LogP) is 2.26. The average Bonchev–Trinajstić information content (AvgIpc) is 2.60. The molecule has 0 saturated carbocycles. The van der Waals surface area contributed by atoms with E-state index in [0.29, 0.717) is 22.2 Å². The molecule has 3 rings (SSSR count). The van der Waals surface area contributed by atoms with Crippen LogP contribution in [0.15, 0.2) is 57.9 Å². The number of phenols is 1. The minimum absolute atomic E-state index is 0.0106. The molecule has 1 heterocycles. The van der Waals surface area contributed by atoms with Crippen molar-refractivity contribution >= 4 is 28.5 Å². The number of ether oxygens (including phenoxy) is 1. The third kappa shape index (κ3) is 3.35. The van der Waals surface area contributed by atoms with Gasteiger partial charge in [0.1, 0.15) is 16.9 Å². The van der Waals surface area contributed by atoms with E-state index in [0.717, 1.165) is 0 Å². The number of nitrogens with zero attached hydrogens (tertiary/aromatic N) is 1. The highest BCUT2D eigenvalue weighted by Crippen LogP contribution is 2.20. The molecular weight excluding hydrogens is 324 g/mol. The third-order valence-electron chi connectivity index (χ3n) is 3.52. The SMILES string of the molecule is COC(=O)c1ccc(N=c2oc3cc(O)ccc3cc2C(N)=O)cc1. The van der Waals surface area contributed by atoms with E-state index in [9.17, 15) is 14.7 Å². The molecule has 1 aromatic heterocycles. The minimum atomic E-state index is -0.691. The van der Waals surface area contributed by atoms with Gasteiger partial charge in [-0.25, -0.2) is 9.79 Å². The maximum Gasteiger partial charge on any atom is 0.337 e. The standard InChI is InChI=1S/C18H14N2O5/c1-24-18(23)10-2-5-12(6-3-10)20-17-14(16(19)22)8-11-4-7-13(21)9-15(11)25-17/h2-9,21H,1H3,(H2,19,22). The number of carbonyl (C=O) groups excluding carboxylic acids is 2. The Bertz CT molecular complexity index is 1040. The quantitative estimate of drug-likeness (QED) is 0.711. The van der Waals surface area contributed by atoms with Crippen molar-refractivity contribution in [1.29, 1.82) is 0 Å². The van der Waals surface area contributed by atoms with Crippen LogP contribution in [0.25, 0.3) is 11.0 Å². The summed E-state index contributed by atoms with van der Waals surface area (Å²) in [5.41, 5.74) is 6.70. The first-order chi connectivity index (χ1) is 12.0. The number of hydrogen-bond acceptors (Lipinski definition) is 6. The van der Waals surface area contributed by atoms with Crippen molar-refractivity contribution in [3.8, 4) is 5.75 Å². The van der Waals surface area contributed by atoms with Crippen LogP contribution in [-0.2, 0) is 4.74 Å². The Morgan fingerprint density at radius 3 is 2.48 bits per heavy atom. The Hall–Kier alpha value is -3.61. The molecule has 0 aliphatic rings. The zero-order valence-electron chi connectivity index (χ0n) is 13.2.